The lowest BCUT2D eigenvalue weighted by Gasteiger charge is -2.16. The van der Waals surface area contributed by atoms with Gasteiger partial charge in [0.2, 0.25) is 0 Å². The Morgan fingerprint density at radius 3 is 2.80 bits per heavy atom. The molecule has 0 heterocycles. The number of hydrogen-bond acceptors (Lipinski definition) is 3. The van der Waals surface area contributed by atoms with Gasteiger partial charge >= 0.3 is 0 Å². The van der Waals surface area contributed by atoms with Crippen molar-refractivity contribution >= 4 is 23.4 Å². The van der Waals surface area contributed by atoms with Gasteiger partial charge in [0.25, 0.3) is 0 Å². The van der Waals surface area contributed by atoms with Gasteiger partial charge in [0, 0.05) is 10.8 Å². The van der Waals surface area contributed by atoms with E-state index in [9.17, 15) is 0 Å². The maximum atomic E-state index is 6.11. The number of hydrazine groups is 1. The second-order valence-electron chi connectivity index (χ2n) is 3.32. The fourth-order valence-electron chi connectivity index (χ4n) is 1.33. The fourth-order valence-corrected chi connectivity index (χ4v) is 2.57. The van der Waals surface area contributed by atoms with Crippen LogP contribution in [0.5, 0.6) is 0 Å². The fraction of sp³-hybridized carbons (Fsp3) is 0.455. The van der Waals surface area contributed by atoms with E-state index in [1.807, 2.05) is 36.0 Å². The molecule has 0 aliphatic rings. The van der Waals surface area contributed by atoms with Crippen molar-refractivity contribution in [1.29, 1.82) is 0 Å². The van der Waals surface area contributed by atoms with Crippen LogP contribution in [0.4, 0.5) is 0 Å². The lowest BCUT2D eigenvalue weighted by molar-refractivity contribution is 0.611. The molecule has 0 aliphatic carbocycles. The zero-order valence-corrected chi connectivity index (χ0v) is 10.4. The molecule has 0 aliphatic heterocycles. The molecule has 0 aromatic heterocycles. The molecule has 1 aromatic rings. The molecule has 4 heteroatoms. The number of nitrogens with two attached hydrogens (primary N) is 1. The predicted octanol–water partition coefficient (Wildman–Crippen LogP) is 2.99. The Labute approximate surface area is 101 Å². The van der Waals surface area contributed by atoms with Crippen LogP contribution in [0.1, 0.15) is 24.9 Å². The third kappa shape index (κ3) is 4.03. The lowest BCUT2D eigenvalue weighted by atomic mass is 10.1. The van der Waals surface area contributed by atoms with E-state index < -0.39 is 0 Å². The molecule has 84 valence electrons. The minimum Gasteiger partial charge on any atom is -0.271 e. The first kappa shape index (κ1) is 12.8. The molecule has 0 radical (unpaired) electrons. The maximum absolute atomic E-state index is 6.11. The standard InChI is InChI=1S/C11H17ClN2S/c1-2-7-15-8-11(14-13)9-5-3-4-6-10(9)12/h3-6,11,14H,2,7-8,13H2,1H3. The second-order valence-corrected chi connectivity index (χ2v) is 4.87. The maximum Gasteiger partial charge on any atom is 0.0565 e. The summed E-state index contributed by atoms with van der Waals surface area (Å²) in [5.74, 6) is 7.64. The van der Waals surface area contributed by atoms with Crippen LogP contribution in [0.15, 0.2) is 24.3 Å². The quantitative estimate of drug-likeness (QED) is 0.459. The highest BCUT2D eigenvalue weighted by Gasteiger charge is 2.12. The molecule has 1 atom stereocenters. The van der Waals surface area contributed by atoms with Gasteiger partial charge in [-0.25, -0.2) is 0 Å². The summed E-state index contributed by atoms with van der Waals surface area (Å²) in [4.78, 5) is 0. The summed E-state index contributed by atoms with van der Waals surface area (Å²) in [6.07, 6.45) is 1.18. The molecule has 0 fully saturated rings. The minimum absolute atomic E-state index is 0.134. The molecule has 15 heavy (non-hydrogen) atoms. The summed E-state index contributed by atoms with van der Waals surface area (Å²) >= 11 is 7.99. The third-order valence-corrected chi connectivity index (χ3v) is 3.72. The van der Waals surface area contributed by atoms with E-state index in [1.165, 1.54) is 6.42 Å². The molecule has 0 spiro atoms. The molecule has 2 nitrogen and oxygen atoms in total. The normalized spacial score (nSPS) is 12.7. The number of halogens is 1. The predicted molar refractivity (Wildman–Crippen MR) is 69.1 cm³/mol. The van der Waals surface area contributed by atoms with Crippen LogP contribution in [-0.4, -0.2) is 11.5 Å². The zero-order chi connectivity index (χ0) is 11.1. The van der Waals surface area contributed by atoms with Crippen LogP contribution in [0.25, 0.3) is 0 Å². The highest BCUT2D eigenvalue weighted by molar-refractivity contribution is 7.99. The Balaban J connectivity index is 2.61. The van der Waals surface area contributed by atoms with E-state index in [0.29, 0.717) is 0 Å². The topological polar surface area (TPSA) is 38.0 Å². The first-order chi connectivity index (χ1) is 7.29. The summed E-state index contributed by atoms with van der Waals surface area (Å²) in [5.41, 5.74) is 3.89. The average Bonchev–Trinajstić information content (AvgIpc) is 2.26. The molecule has 0 amide bonds. The number of nitrogens with one attached hydrogen (secondary N) is 1. The van der Waals surface area contributed by atoms with Crippen molar-refractivity contribution in [2.24, 2.45) is 5.84 Å². The highest BCUT2D eigenvalue weighted by atomic mass is 35.5. The minimum atomic E-state index is 0.134. The SMILES string of the molecule is CCCSCC(NN)c1ccccc1Cl. The molecular formula is C11H17ClN2S. The van der Waals surface area contributed by atoms with Crippen LogP contribution >= 0.6 is 23.4 Å². The molecule has 1 aromatic carbocycles. The molecule has 0 bridgehead atoms. The Morgan fingerprint density at radius 2 is 2.20 bits per heavy atom. The number of rotatable bonds is 6. The van der Waals surface area contributed by atoms with Crippen molar-refractivity contribution < 1.29 is 0 Å². The zero-order valence-electron chi connectivity index (χ0n) is 8.87. The molecule has 0 saturated heterocycles. The van der Waals surface area contributed by atoms with Gasteiger partial charge in [-0.15, -0.1) is 0 Å². The van der Waals surface area contributed by atoms with E-state index in [0.717, 1.165) is 22.1 Å². The van der Waals surface area contributed by atoms with Gasteiger partial charge in [-0.05, 0) is 23.8 Å². The Morgan fingerprint density at radius 1 is 1.47 bits per heavy atom. The highest BCUT2D eigenvalue weighted by Crippen LogP contribution is 2.24. The average molecular weight is 245 g/mol. The second kappa shape index (κ2) is 7.12. The first-order valence-electron chi connectivity index (χ1n) is 5.08. The van der Waals surface area contributed by atoms with Crippen molar-refractivity contribution in [2.75, 3.05) is 11.5 Å². The Bertz CT molecular complexity index is 294. The van der Waals surface area contributed by atoms with Crippen molar-refractivity contribution in [3.05, 3.63) is 34.9 Å². The van der Waals surface area contributed by atoms with Crippen molar-refractivity contribution in [3.63, 3.8) is 0 Å². The third-order valence-electron chi connectivity index (χ3n) is 2.11. The van der Waals surface area contributed by atoms with Crippen molar-refractivity contribution in [2.45, 2.75) is 19.4 Å². The van der Waals surface area contributed by atoms with Gasteiger partial charge in [0.1, 0.15) is 0 Å². The molecule has 0 saturated carbocycles. The lowest BCUT2D eigenvalue weighted by Crippen LogP contribution is -2.30. The van der Waals surface area contributed by atoms with Crippen LogP contribution < -0.4 is 11.3 Å². The van der Waals surface area contributed by atoms with Gasteiger partial charge in [-0.3, -0.25) is 11.3 Å². The monoisotopic (exact) mass is 244 g/mol. The number of thioether (sulfide) groups is 1. The van der Waals surface area contributed by atoms with Gasteiger partial charge in [0.05, 0.1) is 6.04 Å². The van der Waals surface area contributed by atoms with E-state index in [2.05, 4.69) is 12.3 Å². The summed E-state index contributed by atoms with van der Waals surface area (Å²) in [7, 11) is 0. The Kier molecular flexibility index (Phi) is 6.10. The molecule has 3 N–H and O–H groups in total. The van der Waals surface area contributed by atoms with Crippen LogP contribution in [0, 0.1) is 0 Å². The first-order valence-corrected chi connectivity index (χ1v) is 6.61. The summed E-state index contributed by atoms with van der Waals surface area (Å²) < 4.78 is 0. The van der Waals surface area contributed by atoms with Gasteiger partial charge in [0.15, 0.2) is 0 Å². The van der Waals surface area contributed by atoms with E-state index in [4.69, 9.17) is 17.4 Å². The van der Waals surface area contributed by atoms with E-state index in [-0.39, 0.29) is 6.04 Å². The van der Waals surface area contributed by atoms with E-state index >= 15 is 0 Å². The van der Waals surface area contributed by atoms with Gasteiger partial charge < -0.3 is 0 Å². The Hall–Kier alpha value is -0.220. The summed E-state index contributed by atoms with van der Waals surface area (Å²) in [6, 6.07) is 7.95. The summed E-state index contributed by atoms with van der Waals surface area (Å²) in [6.45, 7) is 2.17. The van der Waals surface area contributed by atoms with Crippen LogP contribution in [-0.2, 0) is 0 Å². The number of hydrogen-bond donors (Lipinski definition) is 2. The molecule has 1 unspecified atom stereocenters. The van der Waals surface area contributed by atoms with Gasteiger partial charge in [-0.2, -0.15) is 11.8 Å². The van der Waals surface area contributed by atoms with Crippen LogP contribution in [0.2, 0.25) is 5.02 Å². The van der Waals surface area contributed by atoms with Crippen LogP contribution in [0.3, 0.4) is 0 Å². The summed E-state index contributed by atoms with van der Waals surface area (Å²) in [5, 5.41) is 0.776. The van der Waals surface area contributed by atoms with Gasteiger partial charge in [-0.1, -0.05) is 36.7 Å². The largest absolute Gasteiger partial charge is 0.271 e. The number of benzene rings is 1. The van der Waals surface area contributed by atoms with Crippen molar-refractivity contribution in [1.82, 2.24) is 5.43 Å². The van der Waals surface area contributed by atoms with E-state index in [1.54, 1.807) is 0 Å². The smallest absolute Gasteiger partial charge is 0.0565 e. The molecular weight excluding hydrogens is 228 g/mol. The molecule has 1 rings (SSSR count). The van der Waals surface area contributed by atoms with Crippen molar-refractivity contribution in [3.8, 4) is 0 Å².